The molecule has 0 fully saturated rings. The number of nitrogens with two attached hydrogens (primary N) is 3. The highest BCUT2D eigenvalue weighted by atomic mass is 16.4. The van der Waals surface area contributed by atoms with Crippen LogP contribution in [0.4, 0.5) is 0 Å². The first-order valence-corrected chi connectivity index (χ1v) is 11.9. The summed E-state index contributed by atoms with van der Waals surface area (Å²) >= 11 is 0. The summed E-state index contributed by atoms with van der Waals surface area (Å²) in [4.78, 5) is 71.8. The van der Waals surface area contributed by atoms with Gasteiger partial charge in [-0.2, -0.15) is 0 Å². The lowest BCUT2D eigenvalue weighted by atomic mass is 10.0. The Morgan fingerprint density at radius 3 is 1.78 bits per heavy atom. The molecule has 0 heterocycles. The Hall–Kier alpha value is -3.26. The molecule has 0 aliphatic carbocycles. The SMILES string of the molecule is CC(C)CC(NC(=O)C(N)CCCCN)C(=O)NC(CCC(=O)O)C(=O)NC(CCC(N)=O)C(=O)O. The third kappa shape index (κ3) is 14.2. The monoisotopic (exact) mass is 516 g/mol. The molecule has 0 saturated heterocycles. The van der Waals surface area contributed by atoms with E-state index < -0.39 is 66.2 Å². The molecule has 0 bridgehead atoms. The van der Waals surface area contributed by atoms with E-state index in [1.54, 1.807) is 0 Å². The van der Waals surface area contributed by atoms with Crippen LogP contribution in [-0.2, 0) is 28.8 Å². The van der Waals surface area contributed by atoms with Gasteiger partial charge in [0.05, 0.1) is 6.04 Å². The molecule has 0 aromatic heterocycles. The van der Waals surface area contributed by atoms with Gasteiger partial charge in [-0.1, -0.05) is 20.3 Å². The minimum absolute atomic E-state index is 0.0361. The van der Waals surface area contributed by atoms with Gasteiger partial charge in [0, 0.05) is 12.8 Å². The van der Waals surface area contributed by atoms with E-state index in [-0.39, 0.29) is 31.6 Å². The molecular weight excluding hydrogens is 476 g/mol. The van der Waals surface area contributed by atoms with Gasteiger partial charge in [-0.05, 0) is 44.6 Å². The molecule has 0 saturated carbocycles. The van der Waals surface area contributed by atoms with Crippen LogP contribution in [0, 0.1) is 5.92 Å². The second-order valence-electron chi connectivity index (χ2n) is 8.98. The molecule has 4 atom stereocenters. The van der Waals surface area contributed by atoms with Crippen molar-refractivity contribution < 1.29 is 39.0 Å². The number of carboxylic acids is 2. The van der Waals surface area contributed by atoms with E-state index in [2.05, 4.69) is 16.0 Å². The summed E-state index contributed by atoms with van der Waals surface area (Å²) in [6, 6.07) is -4.82. The highest BCUT2D eigenvalue weighted by Crippen LogP contribution is 2.09. The van der Waals surface area contributed by atoms with Crippen LogP contribution in [-0.4, -0.2) is 76.5 Å². The Balaban J connectivity index is 5.52. The van der Waals surface area contributed by atoms with Crippen molar-refractivity contribution in [2.24, 2.45) is 23.1 Å². The number of carboxylic acid groups (broad SMARTS) is 2. The number of carbonyl (C=O) groups excluding carboxylic acids is 4. The number of carbonyl (C=O) groups is 6. The number of hydrogen-bond acceptors (Lipinski definition) is 8. The van der Waals surface area contributed by atoms with Crippen LogP contribution in [0.15, 0.2) is 0 Å². The number of nitrogens with one attached hydrogen (secondary N) is 3. The molecule has 0 aliphatic heterocycles. The predicted octanol–water partition coefficient (Wildman–Crippen LogP) is -1.84. The summed E-state index contributed by atoms with van der Waals surface area (Å²) in [7, 11) is 0. The number of hydrogen-bond donors (Lipinski definition) is 8. The molecule has 14 nitrogen and oxygen atoms in total. The Labute approximate surface area is 210 Å². The van der Waals surface area contributed by atoms with Gasteiger partial charge in [-0.15, -0.1) is 0 Å². The van der Waals surface area contributed by atoms with Gasteiger partial charge in [0.25, 0.3) is 0 Å². The van der Waals surface area contributed by atoms with Crippen molar-refractivity contribution in [2.75, 3.05) is 6.54 Å². The van der Waals surface area contributed by atoms with Gasteiger partial charge in [0.15, 0.2) is 0 Å². The van der Waals surface area contributed by atoms with Gasteiger partial charge >= 0.3 is 11.9 Å². The van der Waals surface area contributed by atoms with Gasteiger partial charge in [0.2, 0.25) is 23.6 Å². The van der Waals surface area contributed by atoms with Crippen LogP contribution in [0.3, 0.4) is 0 Å². The van der Waals surface area contributed by atoms with Gasteiger partial charge < -0.3 is 43.4 Å². The standard InChI is InChI=1S/C22H40N6O8/c1-12(2)11-16(28-19(32)13(24)5-3-4-10-23)21(34)26-14(7-9-18(30)31)20(33)27-15(22(35)36)6-8-17(25)29/h12-16H,3-11,23-24H2,1-2H3,(H2,25,29)(H,26,34)(H,27,33)(H,28,32)(H,30,31)(H,35,36). The van der Waals surface area contributed by atoms with Crippen molar-refractivity contribution in [3.63, 3.8) is 0 Å². The summed E-state index contributed by atoms with van der Waals surface area (Å²) < 4.78 is 0. The summed E-state index contributed by atoms with van der Waals surface area (Å²) in [6.07, 6.45) is 0.460. The van der Waals surface area contributed by atoms with Gasteiger partial charge in [-0.25, -0.2) is 4.79 Å². The van der Waals surface area contributed by atoms with Crippen LogP contribution in [0.5, 0.6) is 0 Å². The van der Waals surface area contributed by atoms with E-state index >= 15 is 0 Å². The smallest absolute Gasteiger partial charge is 0.326 e. The highest BCUT2D eigenvalue weighted by molar-refractivity contribution is 5.94. The fourth-order valence-corrected chi connectivity index (χ4v) is 3.25. The van der Waals surface area contributed by atoms with Crippen molar-refractivity contribution >= 4 is 35.6 Å². The maximum Gasteiger partial charge on any atom is 0.326 e. The zero-order chi connectivity index (χ0) is 27.8. The van der Waals surface area contributed by atoms with Crippen LogP contribution >= 0.6 is 0 Å². The quantitative estimate of drug-likeness (QED) is 0.0889. The molecule has 36 heavy (non-hydrogen) atoms. The summed E-state index contributed by atoms with van der Waals surface area (Å²) in [5.74, 6) is -5.72. The van der Waals surface area contributed by atoms with E-state index in [1.807, 2.05) is 13.8 Å². The first kappa shape index (κ1) is 32.7. The van der Waals surface area contributed by atoms with E-state index in [9.17, 15) is 33.9 Å². The number of unbranched alkanes of at least 4 members (excludes halogenated alkanes) is 1. The molecule has 11 N–H and O–H groups in total. The third-order valence-electron chi connectivity index (χ3n) is 5.22. The molecule has 0 aromatic carbocycles. The average Bonchev–Trinajstić information content (AvgIpc) is 2.77. The lowest BCUT2D eigenvalue weighted by Crippen LogP contribution is -2.57. The number of amides is 4. The molecule has 0 spiro atoms. The minimum atomic E-state index is -1.48. The van der Waals surface area contributed by atoms with E-state index in [1.165, 1.54) is 0 Å². The number of primary amides is 1. The van der Waals surface area contributed by atoms with E-state index in [0.29, 0.717) is 25.8 Å². The Morgan fingerprint density at radius 1 is 0.750 bits per heavy atom. The average molecular weight is 517 g/mol. The molecular formula is C22H40N6O8. The molecule has 206 valence electrons. The fraction of sp³-hybridized carbons (Fsp3) is 0.727. The minimum Gasteiger partial charge on any atom is -0.481 e. The molecule has 0 aromatic rings. The third-order valence-corrected chi connectivity index (χ3v) is 5.22. The molecule has 4 amide bonds. The lowest BCUT2D eigenvalue weighted by molar-refractivity contribution is -0.143. The van der Waals surface area contributed by atoms with Crippen molar-refractivity contribution in [2.45, 2.75) is 89.4 Å². The summed E-state index contributed by atoms with van der Waals surface area (Å²) in [6.45, 7) is 4.09. The Kier molecular flexibility index (Phi) is 15.7. The van der Waals surface area contributed by atoms with Gasteiger partial charge in [0.1, 0.15) is 18.1 Å². The van der Waals surface area contributed by atoms with Crippen molar-refractivity contribution in [1.29, 1.82) is 0 Å². The zero-order valence-corrected chi connectivity index (χ0v) is 20.8. The van der Waals surface area contributed by atoms with Crippen LogP contribution in [0.25, 0.3) is 0 Å². The maximum absolute atomic E-state index is 13.0. The number of rotatable bonds is 19. The summed E-state index contributed by atoms with van der Waals surface area (Å²) in [5, 5.41) is 25.5. The molecule has 14 heteroatoms. The largest absolute Gasteiger partial charge is 0.481 e. The molecule has 0 aliphatic rings. The van der Waals surface area contributed by atoms with Crippen LogP contribution < -0.4 is 33.2 Å². The topological polar surface area (TPSA) is 257 Å². The van der Waals surface area contributed by atoms with Crippen molar-refractivity contribution in [1.82, 2.24) is 16.0 Å². The first-order valence-electron chi connectivity index (χ1n) is 11.9. The van der Waals surface area contributed by atoms with Crippen molar-refractivity contribution in [3.8, 4) is 0 Å². The second kappa shape index (κ2) is 17.2. The fourth-order valence-electron chi connectivity index (χ4n) is 3.25. The lowest BCUT2D eigenvalue weighted by Gasteiger charge is -2.26. The van der Waals surface area contributed by atoms with E-state index in [0.717, 1.165) is 0 Å². The number of aliphatic carboxylic acids is 2. The Morgan fingerprint density at radius 2 is 1.28 bits per heavy atom. The van der Waals surface area contributed by atoms with Crippen LogP contribution in [0.1, 0.15) is 65.2 Å². The summed E-state index contributed by atoms with van der Waals surface area (Å²) in [5.41, 5.74) is 16.4. The molecule has 4 unspecified atom stereocenters. The van der Waals surface area contributed by atoms with Crippen LogP contribution in [0.2, 0.25) is 0 Å². The Bertz CT molecular complexity index is 776. The molecule has 0 radical (unpaired) electrons. The highest BCUT2D eigenvalue weighted by Gasteiger charge is 2.31. The normalized spacial score (nSPS) is 14.2. The zero-order valence-electron chi connectivity index (χ0n) is 20.8. The molecule has 0 rings (SSSR count). The maximum atomic E-state index is 13.0. The first-order chi connectivity index (χ1) is 16.8. The predicted molar refractivity (Wildman–Crippen MR) is 129 cm³/mol. The van der Waals surface area contributed by atoms with Gasteiger partial charge in [-0.3, -0.25) is 24.0 Å². The van der Waals surface area contributed by atoms with Crippen molar-refractivity contribution in [3.05, 3.63) is 0 Å². The second-order valence-corrected chi connectivity index (χ2v) is 8.98. The van der Waals surface area contributed by atoms with E-state index in [4.69, 9.17) is 22.3 Å².